The average Bonchev–Trinajstić information content (AvgIpc) is 4.03. The number of hydrogen-bond acceptors (Lipinski definition) is 13. The van der Waals surface area contributed by atoms with E-state index >= 15 is 0 Å². The van der Waals surface area contributed by atoms with Gasteiger partial charge in [-0.05, 0) is 79.2 Å². The lowest BCUT2D eigenvalue weighted by molar-refractivity contribution is -0.384. The lowest BCUT2D eigenvalue weighted by atomic mass is 10.2. The molecule has 0 saturated heterocycles. The topological polar surface area (TPSA) is 197 Å². The number of rotatable bonds is 14. The highest BCUT2D eigenvalue weighted by Gasteiger charge is 2.25. The van der Waals surface area contributed by atoms with Crippen molar-refractivity contribution < 1.29 is 55.3 Å². The first-order valence-corrected chi connectivity index (χ1v) is 21.8. The molecule has 344 valence electrons. The summed E-state index contributed by atoms with van der Waals surface area (Å²) in [6, 6.07) is 29.0. The first-order valence-electron chi connectivity index (χ1n) is 20.0. The minimum Gasteiger partial charge on any atom is -0.497 e. The molecule has 3 heterocycles. The highest BCUT2D eigenvalue weighted by atomic mass is 35.5. The smallest absolute Gasteiger partial charge is 0.283 e. The standard InChI is InChI=1S/C23H18ClN3O6.C23H19F2N3O5S/c1-30-17-5-6-20-18(9-17)23(25-26(20)11-14-3-2-4-16(7-14)27(28)29)31-12-15-8-21-22(10-19(15)24)33-13-32-21;1-14-3-7-17(8-4-14)34(30,31)28-21-10-6-16(32-2)12-18(21)23(27-28)33-13-22(29)26-20-9-5-15(24)11-19(20)25/h2-10H,11-13H2,1H3;3-12H,13H2,1-2H3,(H,26,29). The van der Waals surface area contributed by atoms with Gasteiger partial charge in [-0.3, -0.25) is 19.6 Å². The van der Waals surface area contributed by atoms with Crippen LogP contribution >= 0.6 is 11.6 Å². The second kappa shape index (κ2) is 19.2. The zero-order valence-electron chi connectivity index (χ0n) is 35.6. The van der Waals surface area contributed by atoms with Gasteiger partial charge in [-0.1, -0.05) is 41.4 Å². The van der Waals surface area contributed by atoms with Crippen LogP contribution in [-0.2, 0) is 28.0 Å². The second-order valence-corrected chi connectivity index (χ2v) is 16.8. The Kier molecular flexibility index (Phi) is 13.1. The van der Waals surface area contributed by atoms with Crippen molar-refractivity contribution in [1.82, 2.24) is 19.0 Å². The fourth-order valence-electron chi connectivity index (χ4n) is 6.82. The quantitative estimate of drug-likeness (QED) is 0.0802. The number of nitro benzene ring substituents is 1. The molecule has 1 aliphatic rings. The number of nitro groups is 1. The van der Waals surface area contributed by atoms with E-state index in [1.807, 2.05) is 31.2 Å². The fraction of sp³-hybridized carbons (Fsp3) is 0.152. The molecule has 0 spiro atoms. The van der Waals surface area contributed by atoms with Gasteiger partial charge in [0.15, 0.2) is 18.1 Å². The highest BCUT2D eigenvalue weighted by Crippen LogP contribution is 2.38. The number of methoxy groups -OCH3 is 2. The van der Waals surface area contributed by atoms with Crippen LogP contribution < -0.4 is 33.7 Å². The van der Waals surface area contributed by atoms with Crippen molar-refractivity contribution in [3.8, 4) is 34.8 Å². The van der Waals surface area contributed by atoms with E-state index in [0.717, 1.165) is 43.8 Å². The fourth-order valence-corrected chi connectivity index (χ4v) is 8.31. The molecule has 17 nitrogen and oxygen atoms in total. The molecule has 1 amide bonds. The van der Waals surface area contributed by atoms with Crippen LogP contribution in [0.1, 0.15) is 16.7 Å². The molecule has 0 aliphatic carbocycles. The van der Waals surface area contributed by atoms with Crippen molar-refractivity contribution in [3.63, 3.8) is 0 Å². The predicted molar refractivity (Wildman–Crippen MR) is 241 cm³/mol. The minimum absolute atomic E-state index is 0.0226. The number of anilines is 1. The summed E-state index contributed by atoms with van der Waals surface area (Å²) < 4.78 is 88.7. The Balaban J connectivity index is 0.000000182. The van der Waals surface area contributed by atoms with Crippen LogP contribution in [0.4, 0.5) is 20.2 Å². The number of amides is 1. The van der Waals surface area contributed by atoms with Crippen molar-refractivity contribution in [2.45, 2.75) is 25.0 Å². The largest absolute Gasteiger partial charge is 0.497 e. The molecule has 0 radical (unpaired) electrons. The highest BCUT2D eigenvalue weighted by molar-refractivity contribution is 7.90. The van der Waals surface area contributed by atoms with Gasteiger partial charge in [-0.25, -0.2) is 8.78 Å². The van der Waals surface area contributed by atoms with Gasteiger partial charge in [0.2, 0.25) is 18.6 Å². The zero-order chi connectivity index (χ0) is 47.4. The third-order valence-corrected chi connectivity index (χ3v) is 12.2. The summed E-state index contributed by atoms with van der Waals surface area (Å²) in [5.41, 5.74) is 3.17. The van der Waals surface area contributed by atoms with Crippen LogP contribution in [0.25, 0.3) is 21.8 Å². The number of nitrogens with zero attached hydrogens (tertiary/aromatic N) is 5. The number of aryl methyl sites for hydroxylation is 1. The lowest BCUT2D eigenvalue weighted by Gasteiger charge is -2.07. The van der Waals surface area contributed by atoms with E-state index in [-0.39, 0.29) is 46.5 Å². The van der Waals surface area contributed by atoms with E-state index in [4.69, 9.17) is 40.0 Å². The first-order chi connectivity index (χ1) is 32.2. The number of aromatic nitrogens is 4. The molecule has 6 aromatic carbocycles. The summed E-state index contributed by atoms with van der Waals surface area (Å²) >= 11 is 6.38. The van der Waals surface area contributed by atoms with Crippen molar-refractivity contribution in [2.24, 2.45) is 0 Å². The van der Waals surface area contributed by atoms with Crippen LogP contribution in [0, 0.1) is 28.7 Å². The van der Waals surface area contributed by atoms with E-state index in [9.17, 15) is 32.1 Å². The maximum absolute atomic E-state index is 13.8. The SMILES string of the molecule is COc1ccc2c(c1)c(OCC(=O)Nc1ccc(F)cc1F)nn2S(=O)(=O)c1ccc(C)cc1.COc1ccc2c(c1)c(OCc1cc3c(cc1Cl)OCO3)nn2Cc1cccc([N+](=O)[O-])c1. The summed E-state index contributed by atoms with van der Waals surface area (Å²) in [6.07, 6.45) is 0. The molecule has 67 heavy (non-hydrogen) atoms. The molecule has 0 unspecified atom stereocenters. The number of non-ortho nitro benzene ring substituents is 1. The number of halogens is 3. The van der Waals surface area contributed by atoms with Gasteiger partial charge in [0.05, 0.1) is 63.1 Å². The monoisotopic (exact) mass is 954 g/mol. The summed E-state index contributed by atoms with van der Waals surface area (Å²) in [6.45, 7) is 1.88. The Morgan fingerprint density at radius 1 is 0.836 bits per heavy atom. The van der Waals surface area contributed by atoms with E-state index in [0.29, 0.717) is 46.5 Å². The Morgan fingerprint density at radius 3 is 2.19 bits per heavy atom. The first kappa shape index (κ1) is 45.6. The second-order valence-electron chi connectivity index (χ2n) is 14.7. The number of nitrogens with one attached hydrogen (secondary N) is 1. The maximum atomic E-state index is 13.8. The van der Waals surface area contributed by atoms with Crippen molar-refractivity contribution in [3.05, 3.63) is 159 Å². The number of carbonyl (C=O) groups excluding carboxylic acids is 1. The van der Waals surface area contributed by atoms with Gasteiger partial charge in [0, 0.05) is 29.8 Å². The third kappa shape index (κ3) is 9.99. The molecule has 0 bridgehead atoms. The predicted octanol–water partition coefficient (Wildman–Crippen LogP) is 8.85. The van der Waals surface area contributed by atoms with E-state index < -0.39 is 39.1 Å². The molecule has 0 saturated carbocycles. The molecule has 0 fully saturated rings. The lowest BCUT2D eigenvalue weighted by Crippen LogP contribution is -2.21. The Hall–Kier alpha value is -7.97. The van der Waals surface area contributed by atoms with Gasteiger partial charge in [0.25, 0.3) is 21.6 Å². The molecule has 1 N–H and O–H groups in total. The van der Waals surface area contributed by atoms with Crippen LogP contribution in [0.5, 0.6) is 34.8 Å². The molecule has 21 heteroatoms. The summed E-state index contributed by atoms with van der Waals surface area (Å²) in [7, 11) is -1.05. The van der Waals surface area contributed by atoms with Gasteiger partial charge >= 0.3 is 0 Å². The Bertz CT molecular complexity index is 3290. The molecular formula is C46H37ClF2N6O11S. The van der Waals surface area contributed by atoms with Crippen LogP contribution in [0.15, 0.2) is 120 Å². The van der Waals surface area contributed by atoms with Crippen LogP contribution in [0.2, 0.25) is 5.02 Å². The van der Waals surface area contributed by atoms with Crippen molar-refractivity contribution in [1.29, 1.82) is 0 Å². The Labute approximate surface area is 385 Å². The average molecular weight is 955 g/mol. The van der Waals surface area contributed by atoms with E-state index in [2.05, 4.69) is 15.5 Å². The van der Waals surface area contributed by atoms with Gasteiger partial charge in [-0.2, -0.15) is 8.42 Å². The van der Waals surface area contributed by atoms with Crippen LogP contribution in [-0.4, -0.2) is 65.8 Å². The molecule has 1 aliphatic heterocycles. The maximum Gasteiger partial charge on any atom is 0.283 e. The van der Waals surface area contributed by atoms with Crippen LogP contribution in [0.3, 0.4) is 0 Å². The molecule has 9 rings (SSSR count). The van der Waals surface area contributed by atoms with E-state index in [1.165, 1.54) is 43.5 Å². The van der Waals surface area contributed by atoms with Gasteiger partial charge < -0.3 is 33.7 Å². The zero-order valence-corrected chi connectivity index (χ0v) is 37.1. The molecule has 0 atom stereocenters. The normalized spacial score (nSPS) is 11.8. The molecular weight excluding hydrogens is 918 g/mol. The summed E-state index contributed by atoms with van der Waals surface area (Å²) in [5, 5.41) is 23.6. The molecule has 8 aromatic rings. The number of benzene rings is 6. The number of carbonyl (C=O) groups is 1. The van der Waals surface area contributed by atoms with Crippen molar-refractivity contribution >= 4 is 60.7 Å². The summed E-state index contributed by atoms with van der Waals surface area (Å²) in [5.74, 6) is 0.0519. The van der Waals surface area contributed by atoms with Gasteiger partial charge in [-0.15, -0.1) is 14.3 Å². The minimum atomic E-state index is -4.08. The van der Waals surface area contributed by atoms with Crippen molar-refractivity contribution in [2.75, 3.05) is 32.9 Å². The summed E-state index contributed by atoms with van der Waals surface area (Å²) in [4.78, 5) is 23.0. The van der Waals surface area contributed by atoms with E-state index in [1.54, 1.807) is 48.2 Å². The van der Waals surface area contributed by atoms with Gasteiger partial charge in [0.1, 0.15) is 29.7 Å². The Morgan fingerprint density at radius 2 is 1.51 bits per heavy atom. The number of fused-ring (bicyclic) bond motifs is 3. The number of hydrogen-bond donors (Lipinski definition) is 1. The number of ether oxygens (including phenoxy) is 6. The third-order valence-electron chi connectivity index (χ3n) is 10.2. The molecule has 2 aromatic heterocycles.